The van der Waals surface area contributed by atoms with E-state index >= 15 is 0 Å². The van der Waals surface area contributed by atoms with Crippen LogP contribution in [0.1, 0.15) is 41.0 Å². The van der Waals surface area contributed by atoms with Crippen LogP contribution in [0.15, 0.2) is 0 Å². The SMILES string of the molecule is CC1CC(NC2C(C)(C)C2(C)C)CN1C. The van der Waals surface area contributed by atoms with E-state index in [-0.39, 0.29) is 0 Å². The molecular weight excluding hydrogens is 184 g/mol. The van der Waals surface area contributed by atoms with Gasteiger partial charge in [0.25, 0.3) is 0 Å². The Balaban J connectivity index is 1.91. The Bertz CT molecular complexity index is 233. The van der Waals surface area contributed by atoms with Crippen molar-refractivity contribution in [3.63, 3.8) is 0 Å². The minimum Gasteiger partial charge on any atom is -0.309 e. The van der Waals surface area contributed by atoms with Crippen molar-refractivity contribution < 1.29 is 0 Å². The van der Waals surface area contributed by atoms with Crippen LogP contribution in [0.2, 0.25) is 0 Å². The van der Waals surface area contributed by atoms with Gasteiger partial charge < -0.3 is 10.2 Å². The van der Waals surface area contributed by atoms with Gasteiger partial charge >= 0.3 is 0 Å². The standard InChI is InChI=1S/C13H26N2/c1-9-7-10(8-15(9)6)14-11-12(2,3)13(11,4)5/h9-11,14H,7-8H2,1-6H3. The molecule has 0 aromatic heterocycles. The summed E-state index contributed by atoms with van der Waals surface area (Å²) >= 11 is 0. The number of likely N-dealkylation sites (tertiary alicyclic amines) is 1. The summed E-state index contributed by atoms with van der Waals surface area (Å²) < 4.78 is 0. The van der Waals surface area contributed by atoms with Crippen LogP contribution in [-0.4, -0.2) is 36.6 Å². The first kappa shape index (κ1) is 11.4. The molecule has 0 aromatic carbocycles. The van der Waals surface area contributed by atoms with Gasteiger partial charge in [0.1, 0.15) is 0 Å². The molecule has 1 N–H and O–H groups in total. The Hall–Kier alpha value is -0.0800. The van der Waals surface area contributed by atoms with Gasteiger partial charge in [0.2, 0.25) is 0 Å². The van der Waals surface area contributed by atoms with E-state index in [1.807, 2.05) is 0 Å². The van der Waals surface area contributed by atoms with Crippen LogP contribution in [0.25, 0.3) is 0 Å². The predicted octanol–water partition coefficient (Wildman–Crippen LogP) is 2.10. The normalized spacial score (nSPS) is 39.6. The van der Waals surface area contributed by atoms with Crippen molar-refractivity contribution in [1.82, 2.24) is 10.2 Å². The molecule has 2 atom stereocenters. The Morgan fingerprint density at radius 3 is 2.00 bits per heavy atom. The molecule has 0 radical (unpaired) electrons. The molecule has 0 spiro atoms. The average molecular weight is 210 g/mol. The first-order valence-electron chi connectivity index (χ1n) is 6.23. The fourth-order valence-electron chi connectivity index (χ4n) is 3.16. The first-order valence-corrected chi connectivity index (χ1v) is 6.23. The zero-order chi connectivity index (χ0) is 11.4. The maximum Gasteiger partial charge on any atom is 0.0212 e. The maximum atomic E-state index is 3.85. The second-order valence-corrected chi connectivity index (χ2v) is 6.76. The molecule has 0 bridgehead atoms. The molecule has 2 fully saturated rings. The van der Waals surface area contributed by atoms with Crippen molar-refractivity contribution in [3.8, 4) is 0 Å². The summed E-state index contributed by atoms with van der Waals surface area (Å²) in [4.78, 5) is 2.46. The van der Waals surface area contributed by atoms with Crippen LogP contribution in [0.3, 0.4) is 0 Å². The third kappa shape index (κ3) is 1.62. The van der Waals surface area contributed by atoms with Crippen molar-refractivity contribution in [2.75, 3.05) is 13.6 Å². The van der Waals surface area contributed by atoms with Gasteiger partial charge in [-0.25, -0.2) is 0 Å². The van der Waals surface area contributed by atoms with E-state index in [0.29, 0.717) is 22.9 Å². The molecule has 2 rings (SSSR count). The average Bonchev–Trinajstić information content (AvgIpc) is 2.43. The summed E-state index contributed by atoms with van der Waals surface area (Å²) in [6.07, 6.45) is 1.30. The number of likely N-dealkylation sites (N-methyl/N-ethyl adjacent to an activating group) is 1. The molecule has 1 aliphatic carbocycles. The van der Waals surface area contributed by atoms with Crippen LogP contribution in [-0.2, 0) is 0 Å². The Morgan fingerprint density at radius 1 is 1.13 bits per heavy atom. The van der Waals surface area contributed by atoms with Crippen LogP contribution in [0.4, 0.5) is 0 Å². The van der Waals surface area contributed by atoms with E-state index in [1.54, 1.807) is 0 Å². The number of rotatable bonds is 2. The monoisotopic (exact) mass is 210 g/mol. The highest BCUT2D eigenvalue weighted by Crippen LogP contribution is 2.62. The lowest BCUT2D eigenvalue weighted by molar-refractivity contribution is 0.325. The summed E-state index contributed by atoms with van der Waals surface area (Å²) in [5.74, 6) is 0. The van der Waals surface area contributed by atoms with Crippen LogP contribution < -0.4 is 5.32 Å². The van der Waals surface area contributed by atoms with Crippen LogP contribution in [0.5, 0.6) is 0 Å². The summed E-state index contributed by atoms with van der Waals surface area (Å²) in [6, 6.07) is 2.15. The second-order valence-electron chi connectivity index (χ2n) is 6.76. The van der Waals surface area contributed by atoms with Gasteiger partial charge in [0.05, 0.1) is 0 Å². The number of nitrogens with zero attached hydrogens (tertiary/aromatic N) is 1. The van der Waals surface area contributed by atoms with Gasteiger partial charge in [0.15, 0.2) is 0 Å². The van der Waals surface area contributed by atoms with E-state index in [4.69, 9.17) is 0 Å². The molecule has 2 unspecified atom stereocenters. The quantitative estimate of drug-likeness (QED) is 0.751. The topological polar surface area (TPSA) is 15.3 Å². The van der Waals surface area contributed by atoms with Crippen molar-refractivity contribution >= 4 is 0 Å². The lowest BCUT2D eigenvalue weighted by Crippen LogP contribution is -2.36. The zero-order valence-electron chi connectivity index (χ0n) is 11.1. The Morgan fingerprint density at radius 2 is 1.67 bits per heavy atom. The van der Waals surface area contributed by atoms with Crippen molar-refractivity contribution in [2.45, 2.75) is 59.2 Å². The molecule has 0 amide bonds. The van der Waals surface area contributed by atoms with Crippen molar-refractivity contribution in [2.24, 2.45) is 10.8 Å². The smallest absolute Gasteiger partial charge is 0.0212 e. The largest absolute Gasteiger partial charge is 0.309 e. The molecular formula is C13H26N2. The zero-order valence-corrected chi connectivity index (χ0v) is 11.1. The lowest BCUT2D eigenvalue weighted by Gasteiger charge is -2.14. The third-order valence-corrected chi connectivity index (χ3v) is 5.31. The molecule has 88 valence electrons. The predicted molar refractivity (Wildman–Crippen MR) is 65.0 cm³/mol. The van der Waals surface area contributed by atoms with Crippen LogP contribution >= 0.6 is 0 Å². The molecule has 2 nitrogen and oxygen atoms in total. The van der Waals surface area contributed by atoms with Gasteiger partial charge in [-0.05, 0) is 31.2 Å². The summed E-state index contributed by atoms with van der Waals surface area (Å²) in [5, 5.41) is 3.85. The fraction of sp³-hybridized carbons (Fsp3) is 1.00. The molecule has 2 aliphatic rings. The molecule has 1 heterocycles. The molecule has 0 aromatic rings. The summed E-state index contributed by atoms with van der Waals surface area (Å²) in [7, 11) is 2.23. The maximum absolute atomic E-state index is 3.85. The Kier molecular flexibility index (Phi) is 2.44. The number of hydrogen-bond acceptors (Lipinski definition) is 2. The summed E-state index contributed by atoms with van der Waals surface area (Å²) in [5.41, 5.74) is 0.939. The molecule has 1 saturated carbocycles. The molecule has 1 aliphatic heterocycles. The van der Waals surface area contributed by atoms with Crippen LogP contribution in [0, 0.1) is 10.8 Å². The van der Waals surface area contributed by atoms with Gasteiger partial charge in [-0.1, -0.05) is 27.7 Å². The van der Waals surface area contributed by atoms with Crippen molar-refractivity contribution in [3.05, 3.63) is 0 Å². The highest BCUT2D eigenvalue weighted by atomic mass is 15.2. The molecule has 2 heteroatoms. The second kappa shape index (κ2) is 3.21. The first-order chi connectivity index (χ1) is 6.76. The van der Waals surface area contributed by atoms with E-state index < -0.39 is 0 Å². The highest BCUT2D eigenvalue weighted by molar-refractivity contribution is 5.18. The minimum atomic E-state index is 0.470. The van der Waals surface area contributed by atoms with E-state index in [1.165, 1.54) is 13.0 Å². The minimum absolute atomic E-state index is 0.470. The number of hydrogen-bond donors (Lipinski definition) is 1. The van der Waals surface area contributed by atoms with E-state index in [2.05, 4.69) is 51.9 Å². The highest BCUT2D eigenvalue weighted by Gasteiger charge is 2.65. The summed E-state index contributed by atoms with van der Waals surface area (Å²) in [6.45, 7) is 13.1. The van der Waals surface area contributed by atoms with E-state index in [0.717, 1.165) is 6.04 Å². The number of nitrogens with one attached hydrogen (secondary N) is 1. The molecule has 1 saturated heterocycles. The fourth-order valence-corrected chi connectivity index (χ4v) is 3.16. The van der Waals surface area contributed by atoms with E-state index in [9.17, 15) is 0 Å². The lowest BCUT2D eigenvalue weighted by atomic mass is 10.0. The van der Waals surface area contributed by atoms with Gasteiger partial charge in [-0.3, -0.25) is 0 Å². The van der Waals surface area contributed by atoms with Gasteiger partial charge in [0, 0.05) is 24.7 Å². The van der Waals surface area contributed by atoms with Crippen molar-refractivity contribution in [1.29, 1.82) is 0 Å². The van der Waals surface area contributed by atoms with Gasteiger partial charge in [-0.15, -0.1) is 0 Å². The van der Waals surface area contributed by atoms with Gasteiger partial charge in [-0.2, -0.15) is 0 Å². The Labute approximate surface area is 94.4 Å². The molecule has 15 heavy (non-hydrogen) atoms. The third-order valence-electron chi connectivity index (χ3n) is 5.31.